The first kappa shape index (κ1) is 8.12. The van der Waals surface area contributed by atoms with E-state index >= 15 is 0 Å². The Bertz CT molecular complexity index is 452. The number of nitrogens with zero attached hydrogens (tertiary/aromatic N) is 2. The van der Waals surface area contributed by atoms with Gasteiger partial charge in [0.05, 0.1) is 24.4 Å². The van der Waals surface area contributed by atoms with E-state index in [4.69, 9.17) is 4.74 Å². The zero-order chi connectivity index (χ0) is 9.26. The first-order valence-electron chi connectivity index (χ1n) is 3.61. The number of hydrogen-bond donors (Lipinski definition) is 0. The molecule has 66 valence electrons. The quantitative estimate of drug-likeness (QED) is 0.680. The number of benzene rings is 1. The molecule has 0 bridgehead atoms. The molecule has 5 heteroatoms. The highest BCUT2D eigenvalue weighted by atomic mass is 32.1. The van der Waals surface area contributed by atoms with Crippen LogP contribution in [0.4, 0.5) is 0 Å². The van der Waals surface area contributed by atoms with E-state index in [9.17, 15) is 4.79 Å². The molecule has 0 N–H and O–H groups in total. The van der Waals surface area contributed by atoms with Crippen molar-refractivity contribution < 1.29 is 9.53 Å². The smallest absolute Gasteiger partial charge is 0.156 e. The summed E-state index contributed by atoms with van der Waals surface area (Å²) < 4.78 is 13.1. The Labute approximate surface area is 78.5 Å². The van der Waals surface area contributed by atoms with Crippen molar-refractivity contribution in [1.82, 2.24) is 8.75 Å². The molecule has 0 amide bonds. The van der Waals surface area contributed by atoms with Crippen molar-refractivity contribution in [3.8, 4) is 5.75 Å². The summed E-state index contributed by atoms with van der Waals surface area (Å²) in [5.41, 5.74) is 1.81. The van der Waals surface area contributed by atoms with Crippen molar-refractivity contribution >= 4 is 29.0 Å². The molecule has 0 atom stereocenters. The lowest BCUT2D eigenvalue weighted by Gasteiger charge is -2.01. The van der Waals surface area contributed by atoms with Crippen molar-refractivity contribution in [1.29, 1.82) is 0 Å². The molecule has 13 heavy (non-hydrogen) atoms. The second-order valence-electron chi connectivity index (χ2n) is 2.43. The molecule has 0 aliphatic carbocycles. The maximum absolute atomic E-state index is 10.8. The standard InChI is InChI=1S/C8H6N2O2S/c1-12-7-3-2-6-8(5(7)4-11)10-13-9-6/h2-4H,1H3. The number of rotatable bonds is 2. The van der Waals surface area contributed by atoms with E-state index in [2.05, 4.69) is 8.75 Å². The van der Waals surface area contributed by atoms with Crippen LogP contribution in [0.15, 0.2) is 12.1 Å². The fourth-order valence-electron chi connectivity index (χ4n) is 1.14. The number of methoxy groups -OCH3 is 1. The van der Waals surface area contributed by atoms with Crippen LogP contribution in [-0.4, -0.2) is 22.1 Å². The number of ether oxygens (including phenoxy) is 1. The molecule has 0 unspecified atom stereocenters. The van der Waals surface area contributed by atoms with Gasteiger partial charge in [-0.3, -0.25) is 4.79 Å². The average Bonchev–Trinajstić information content (AvgIpc) is 2.63. The normalized spacial score (nSPS) is 10.2. The van der Waals surface area contributed by atoms with Crippen molar-refractivity contribution in [2.24, 2.45) is 0 Å². The summed E-state index contributed by atoms with van der Waals surface area (Å²) in [6, 6.07) is 3.50. The summed E-state index contributed by atoms with van der Waals surface area (Å²) in [5, 5.41) is 0. The van der Waals surface area contributed by atoms with Crippen LogP contribution in [0.2, 0.25) is 0 Å². The van der Waals surface area contributed by atoms with Crippen LogP contribution < -0.4 is 4.74 Å². The summed E-state index contributed by atoms with van der Waals surface area (Å²) in [6.07, 6.45) is 0.739. The molecule has 1 aromatic carbocycles. The molecule has 4 nitrogen and oxygen atoms in total. The second-order valence-corrected chi connectivity index (χ2v) is 2.96. The van der Waals surface area contributed by atoms with Gasteiger partial charge in [-0.15, -0.1) is 0 Å². The van der Waals surface area contributed by atoms with E-state index in [1.54, 1.807) is 12.1 Å². The number of aromatic nitrogens is 2. The van der Waals surface area contributed by atoms with Crippen molar-refractivity contribution in [2.45, 2.75) is 0 Å². The highest BCUT2D eigenvalue weighted by Crippen LogP contribution is 2.24. The van der Waals surface area contributed by atoms with Gasteiger partial charge in [0.15, 0.2) is 6.29 Å². The van der Waals surface area contributed by atoms with Crippen LogP contribution in [0.25, 0.3) is 11.0 Å². The molecule has 2 rings (SSSR count). The minimum absolute atomic E-state index is 0.466. The summed E-state index contributed by atoms with van der Waals surface area (Å²) >= 11 is 1.09. The molecule has 0 spiro atoms. The van der Waals surface area contributed by atoms with Gasteiger partial charge in [0, 0.05) is 0 Å². The lowest BCUT2D eigenvalue weighted by molar-refractivity contribution is 0.112. The highest BCUT2D eigenvalue weighted by Gasteiger charge is 2.09. The molecule has 0 saturated carbocycles. The third-order valence-corrected chi connectivity index (χ3v) is 2.31. The molecule has 0 radical (unpaired) electrons. The largest absolute Gasteiger partial charge is 0.496 e. The van der Waals surface area contributed by atoms with Gasteiger partial charge in [-0.2, -0.15) is 8.75 Å². The third-order valence-electron chi connectivity index (χ3n) is 1.76. The van der Waals surface area contributed by atoms with Gasteiger partial charge >= 0.3 is 0 Å². The molecule has 2 aromatic rings. The molecule has 1 heterocycles. The Morgan fingerprint density at radius 1 is 1.46 bits per heavy atom. The highest BCUT2D eigenvalue weighted by molar-refractivity contribution is 7.00. The van der Waals surface area contributed by atoms with Crippen LogP contribution >= 0.6 is 11.7 Å². The van der Waals surface area contributed by atoms with E-state index in [1.807, 2.05) is 0 Å². The van der Waals surface area contributed by atoms with Gasteiger partial charge in [-0.25, -0.2) is 0 Å². The number of hydrogen-bond acceptors (Lipinski definition) is 5. The molecular formula is C8H6N2O2S. The molecule has 1 aromatic heterocycles. The van der Waals surface area contributed by atoms with E-state index in [0.29, 0.717) is 16.8 Å². The molecule has 0 aliphatic rings. The lowest BCUT2D eigenvalue weighted by atomic mass is 10.2. The second kappa shape index (κ2) is 3.10. The Morgan fingerprint density at radius 2 is 2.31 bits per heavy atom. The summed E-state index contributed by atoms with van der Waals surface area (Å²) in [7, 11) is 1.52. The number of fused-ring (bicyclic) bond motifs is 1. The van der Waals surface area contributed by atoms with Crippen molar-refractivity contribution in [2.75, 3.05) is 7.11 Å². The topological polar surface area (TPSA) is 52.1 Å². The Kier molecular flexibility index (Phi) is 1.94. The molecule has 0 fully saturated rings. The number of carbonyl (C=O) groups is 1. The van der Waals surface area contributed by atoms with Gasteiger partial charge in [-0.1, -0.05) is 0 Å². The zero-order valence-corrected chi connectivity index (χ0v) is 7.67. The fourth-order valence-corrected chi connectivity index (χ4v) is 1.69. The van der Waals surface area contributed by atoms with Crippen LogP contribution in [0.5, 0.6) is 5.75 Å². The van der Waals surface area contributed by atoms with Gasteiger partial charge < -0.3 is 4.74 Å². The molecule has 0 saturated heterocycles. The minimum Gasteiger partial charge on any atom is -0.496 e. The summed E-state index contributed by atoms with van der Waals surface area (Å²) in [5.74, 6) is 0.537. The Morgan fingerprint density at radius 3 is 3.00 bits per heavy atom. The van der Waals surface area contributed by atoms with E-state index < -0.39 is 0 Å². The average molecular weight is 194 g/mol. The number of aldehydes is 1. The predicted molar refractivity (Wildman–Crippen MR) is 49.4 cm³/mol. The van der Waals surface area contributed by atoms with Crippen LogP contribution in [-0.2, 0) is 0 Å². The van der Waals surface area contributed by atoms with Gasteiger partial charge in [0.2, 0.25) is 0 Å². The van der Waals surface area contributed by atoms with Gasteiger partial charge in [0.1, 0.15) is 16.8 Å². The zero-order valence-electron chi connectivity index (χ0n) is 6.85. The Hall–Kier alpha value is -1.49. The number of carbonyl (C=O) groups excluding carboxylic acids is 1. The first-order chi connectivity index (χ1) is 6.36. The first-order valence-corrected chi connectivity index (χ1v) is 4.34. The van der Waals surface area contributed by atoms with Crippen LogP contribution in [0.3, 0.4) is 0 Å². The minimum atomic E-state index is 0.466. The maximum Gasteiger partial charge on any atom is 0.156 e. The van der Waals surface area contributed by atoms with Crippen molar-refractivity contribution in [3.05, 3.63) is 17.7 Å². The lowest BCUT2D eigenvalue weighted by Crippen LogP contribution is -1.91. The SMILES string of the molecule is COc1ccc2nsnc2c1C=O. The van der Waals surface area contributed by atoms with Crippen LogP contribution in [0, 0.1) is 0 Å². The van der Waals surface area contributed by atoms with E-state index in [1.165, 1.54) is 7.11 Å². The van der Waals surface area contributed by atoms with Crippen LogP contribution in [0.1, 0.15) is 10.4 Å². The van der Waals surface area contributed by atoms with E-state index in [-0.39, 0.29) is 0 Å². The van der Waals surface area contributed by atoms with Gasteiger partial charge in [-0.05, 0) is 12.1 Å². The monoisotopic (exact) mass is 194 g/mol. The third kappa shape index (κ3) is 1.17. The Balaban J connectivity index is 2.81. The predicted octanol–water partition coefficient (Wildman–Crippen LogP) is 1.51. The van der Waals surface area contributed by atoms with Crippen molar-refractivity contribution in [3.63, 3.8) is 0 Å². The van der Waals surface area contributed by atoms with Gasteiger partial charge in [0.25, 0.3) is 0 Å². The summed E-state index contributed by atoms with van der Waals surface area (Å²) in [6.45, 7) is 0. The maximum atomic E-state index is 10.8. The fraction of sp³-hybridized carbons (Fsp3) is 0.125. The molecular weight excluding hydrogens is 188 g/mol. The van der Waals surface area contributed by atoms with E-state index in [0.717, 1.165) is 23.5 Å². The molecule has 0 aliphatic heterocycles. The summed E-state index contributed by atoms with van der Waals surface area (Å²) in [4.78, 5) is 10.8.